The largest absolute Gasteiger partial charge is 0.433 e. The minimum absolute atomic E-state index is 0.0965. The van der Waals surface area contributed by atoms with Gasteiger partial charge >= 0.3 is 0 Å². The molecular weight excluding hydrogens is 529 g/mol. The molecule has 3 unspecified atom stereocenters. The third-order valence-electron chi connectivity index (χ3n) is 5.76. The quantitative estimate of drug-likeness (QED) is 0.0809. The maximum Gasteiger partial charge on any atom is 0.298 e. The van der Waals surface area contributed by atoms with Gasteiger partial charge in [0.2, 0.25) is 17.7 Å². The van der Waals surface area contributed by atoms with Crippen LogP contribution in [0.5, 0.6) is 0 Å². The highest BCUT2D eigenvalue weighted by molar-refractivity contribution is 7.51. The molecule has 0 aromatic heterocycles. The fourth-order valence-electron chi connectivity index (χ4n) is 3.80. The standard InChI is InChI=1S/C24H43BN4O7P2/c1-16(2)11-20(27-22(32)13-26-3)25-36-15-18-12-19(10-9-17(18)14-30)29(4)23(33)8-6-5-7-21(31)28-24(37-34)38-35/h9-10,12,16,20,24-26,30,34-35,37-38H,5-8,11,13-15H2,1-4H3,(H,27,32)(H,28,31). The molecule has 0 aliphatic carbocycles. The molecule has 14 heteroatoms. The molecule has 0 aliphatic heterocycles. The second kappa shape index (κ2) is 19.4. The average molecular weight is 572 g/mol. The second-order valence-electron chi connectivity index (χ2n) is 9.47. The third kappa shape index (κ3) is 13.4. The summed E-state index contributed by atoms with van der Waals surface area (Å²) in [6.45, 7) is 4.45. The number of aliphatic hydroxyl groups is 1. The number of nitrogens with one attached hydrogen (secondary N) is 3. The highest BCUT2D eigenvalue weighted by Gasteiger charge is 2.18. The molecule has 1 aromatic carbocycles. The monoisotopic (exact) mass is 572 g/mol. The first-order valence-corrected chi connectivity index (χ1v) is 14.8. The van der Waals surface area contributed by atoms with E-state index in [1.807, 2.05) is 6.07 Å². The first-order chi connectivity index (χ1) is 18.1. The number of anilines is 1. The van der Waals surface area contributed by atoms with Gasteiger partial charge in [0, 0.05) is 49.1 Å². The molecule has 0 heterocycles. The number of hydrogen-bond donors (Lipinski definition) is 6. The van der Waals surface area contributed by atoms with Gasteiger partial charge in [-0.2, -0.15) is 0 Å². The first kappa shape index (κ1) is 34.4. The topological polar surface area (TPSA) is 160 Å². The van der Waals surface area contributed by atoms with Gasteiger partial charge in [-0.3, -0.25) is 14.4 Å². The molecule has 0 bridgehead atoms. The molecule has 3 amide bonds. The van der Waals surface area contributed by atoms with Gasteiger partial charge in [-0.25, -0.2) is 0 Å². The van der Waals surface area contributed by atoms with Crippen molar-refractivity contribution in [1.82, 2.24) is 16.0 Å². The van der Waals surface area contributed by atoms with Gasteiger partial charge in [-0.15, -0.1) is 0 Å². The van der Waals surface area contributed by atoms with Crippen LogP contribution in [0, 0.1) is 5.92 Å². The predicted molar refractivity (Wildman–Crippen MR) is 154 cm³/mol. The minimum Gasteiger partial charge on any atom is -0.433 e. The Bertz CT molecular complexity index is 878. The Hall–Kier alpha value is -1.65. The Kier molecular flexibility index (Phi) is 17.6. The number of nitrogens with zero attached hydrogens (tertiary/aromatic N) is 1. The molecule has 0 saturated heterocycles. The van der Waals surface area contributed by atoms with Crippen LogP contribution in [-0.4, -0.2) is 72.2 Å². The molecule has 3 atom stereocenters. The molecule has 0 fully saturated rings. The van der Waals surface area contributed by atoms with Crippen LogP contribution in [0.2, 0.25) is 0 Å². The molecule has 0 spiro atoms. The summed E-state index contributed by atoms with van der Waals surface area (Å²) in [6.07, 6.45) is 2.26. The van der Waals surface area contributed by atoms with E-state index >= 15 is 0 Å². The Labute approximate surface area is 229 Å². The van der Waals surface area contributed by atoms with Crippen LogP contribution in [0.3, 0.4) is 0 Å². The van der Waals surface area contributed by atoms with Crippen LogP contribution < -0.4 is 20.9 Å². The van der Waals surface area contributed by atoms with E-state index in [2.05, 4.69) is 29.8 Å². The highest BCUT2D eigenvalue weighted by atomic mass is 31.1. The number of amides is 3. The maximum atomic E-state index is 12.7. The van der Waals surface area contributed by atoms with Crippen LogP contribution in [0.4, 0.5) is 5.69 Å². The summed E-state index contributed by atoms with van der Waals surface area (Å²) < 4.78 is 5.93. The molecule has 38 heavy (non-hydrogen) atoms. The smallest absolute Gasteiger partial charge is 0.298 e. The van der Waals surface area contributed by atoms with Crippen LogP contribution in [0.25, 0.3) is 0 Å². The number of carbonyl (C=O) groups excluding carboxylic acids is 3. The highest BCUT2D eigenvalue weighted by Crippen LogP contribution is 2.25. The lowest BCUT2D eigenvalue weighted by atomic mass is 9.81. The maximum absolute atomic E-state index is 12.7. The third-order valence-corrected chi connectivity index (χ3v) is 7.34. The number of unbranched alkanes of at least 4 members (excludes halogenated alkanes) is 1. The lowest BCUT2D eigenvalue weighted by Crippen LogP contribution is -2.44. The van der Waals surface area contributed by atoms with Gasteiger partial charge in [-0.05, 0) is 55.5 Å². The summed E-state index contributed by atoms with van der Waals surface area (Å²) in [5, 5.41) is 18.1. The Morgan fingerprint density at radius 1 is 1.05 bits per heavy atom. The van der Waals surface area contributed by atoms with E-state index in [4.69, 9.17) is 14.4 Å². The molecule has 214 valence electrons. The van der Waals surface area contributed by atoms with Crippen molar-refractivity contribution in [2.24, 2.45) is 5.92 Å². The van der Waals surface area contributed by atoms with E-state index in [1.54, 1.807) is 31.1 Å². The molecule has 0 radical (unpaired) electrons. The van der Waals surface area contributed by atoms with Gasteiger partial charge in [0.1, 0.15) is 5.52 Å². The van der Waals surface area contributed by atoms with Gasteiger partial charge in [-0.1, -0.05) is 19.9 Å². The number of hydrogen-bond acceptors (Lipinski definition) is 8. The summed E-state index contributed by atoms with van der Waals surface area (Å²) >= 11 is 0. The average Bonchev–Trinajstić information content (AvgIpc) is 2.88. The number of carbonyl (C=O) groups is 3. The second-order valence-corrected chi connectivity index (χ2v) is 11.7. The van der Waals surface area contributed by atoms with Gasteiger partial charge in [0.15, 0.2) is 0 Å². The minimum atomic E-state index is -0.617. The molecule has 1 rings (SSSR count). The first-order valence-electron chi connectivity index (χ1n) is 12.7. The molecule has 6 N–H and O–H groups in total. The van der Waals surface area contributed by atoms with E-state index in [9.17, 15) is 19.5 Å². The molecule has 1 aromatic rings. The van der Waals surface area contributed by atoms with Crippen molar-refractivity contribution in [2.45, 2.75) is 70.6 Å². The van der Waals surface area contributed by atoms with Crippen LogP contribution in [-0.2, 0) is 32.3 Å². The van der Waals surface area contributed by atoms with E-state index < -0.39 is 23.1 Å². The fraction of sp³-hybridized carbons (Fsp3) is 0.625. The number of rotatable bonds is 19. The number of aliphatic hydroxyl groups excluding tert-OH is 1. The summed E-state index contributed by atoms with van der Waals surface area (Å²) in [5.41, 5.74) is 1.51. The predicted octanol–water partition coefficient (Wildman–Crippen LogP) is 0.849. The Morgan fingerprint density at radius 3 is 2.34 bits per heavy atom. The zero-order chi connectivity index (χ0) is 28.5. The summed E-state index contributed by atoms with van der Waals surface area (Å²) in [4.78, 5) is 56.3. The summed E-state index contributed by atoms with van der Waals surface area (Å²) in [6, 6.07) is 5.35. The van der Waals surface area contributed by atoms with E-state index in [0.717, 1.165) is 12.0 Å². The van der Waals surface area contributed by atoms with Crippen molar-refractivity contribution in [3.05, 3.63) is 29.3 Å². The van der Waals surface area contributed by atoms with Crippen LogP contribution in [0.15, 0.2) is 18.2 Å². The van der Waals surface area contributed by atoms with Gasteiger partial charge < -0.3 is 40.4 Å². The van der Waals surface area contributed by atoms with Crippen molar-refractivity contribution in [3.8, 4) is 0 Å². The number of benzene rings is 1. The van der Waals surface area contributed by atoms with Crippen LogP contribution in [0.1, 0.15) is 57.1 Å². The molecule has 0 aliphatic rings. The van der Waals surface area contributed by atoms with Crippen molar-refractivity contribution in [3.63, 3.8) is 0 Å². The Balaban J connectivity index is 2.67. The summed E-state index contributed by atoms with van der Waals surface area (Å²) in [7, 11) is 2.60. The Morgan fingerprint density at radius 2 is 1.74 bits per heavy atom. The normalized spacial score (nSPS) is 13.3. The van der Waals surface area contributed by atoms with Crippen molar-refractivity contribution in [2.75, 3.05) is 25.5 Å². The lowest BCUT2D eigenvalue weighted by molar-refractivity contribution is -0.122. The van der Waals surface area contributed by atoms with Gasteiger partial charge in [0.05, 0.1) is 19.8 Å². The molecule has 11 nitrogen and oxygen atoms in total. The fourth-order valence-corrected chi connectivity index (χ4v) is 4.48. The van der Waals surface area contributed by atoms with E-state index in [-0.39, 0.29) is 56.3 Å². The number of likely N-dealkylation sites (N-methyl/N-ethyl adjacent to an activating group) is 1. The lowest BCUT2D eigenvalue weighted by Gasteiger charge is -2.21. The zero-order valence-electron chi connectivity index (χ0n) is 22.7. The van der Waals surface area contributed by atoms with Crippen molar-refractivity contribution in [1.29, 1.82) is 0 Å². The van der Waals surface area contributed by atoms with E-state index in [0.29, 0.717) is 37.5 Å². The molecular formula is C24H43BN4O7P2. The van der Waals surface area contributed by atoms with Crippen LogP contribution >= 0.6 is 17.6 Å². The van der Waals surface area contributed by atoms with Crippen molar-refractivity contribution < 1.29 is 33.9 Å². The molecule has 0 saturated carbocycles. The summed E-state index contributed by atoms with van der Waals surface area (Å²) in [5.74, 6) is -0.226. The SMILES string of the molecule is CNCC(=O)NC(BOCc1cc(N(C)C(=O)CCCCC(=O)NC(PO)PO)ccc1CO)CC(C)C. The van der Waals surface area contributed by atoms with Crippen molar-refractivity contribution >= 4 is 48.5 Å². The van der Waals surface area contributed by atoms with E-state index in [1.165, 1.54) is 0 Å². The zero-order valence-corrected chi connectivity index (χ0v) is 24.7. The van der Waals surface area contributed by atoms with Gasteiger partial charge in [0.25, 0.3) is 7.48 Å².